The van der Waals surface area contributed by atoms with E-state index in [0.29, 0.717) is 12.0 Å². The molecule has 0 bridgehead atoms. The van der Waals surface area contributed by atoms with Crippen LogP contribution in [0, 0.1) is 5.92 Å². The lowest BCUT2D eigenvalue weighted by atomic mass is 10.1. The Labute approximate surface area is 90.8 Å². The van der Waals surface area contributed by atoms with Crippen LogP contribution in [-0.4, -0.2) is 38.3 Å². The SMILES string of the molecule is O=C(NCCNC1CCCOC1)C1CC1. The second-order valence-electron chi connectivity index (χ2n) is 4.43. The van der Waals surface area contributed by atoms with Crippen molar-refractivity contribution in [1.82, 2.24) is 10.6 Å². The number of carbonyl (C=O) groups excluding carboxylic acids is 1. The number of ether oxygens (including phenoxy) is 1. The van der Waals surface area contributed by atoms with Crippen LogP contribution in [0.1, 0.15) is 25.7 Å². The fourth-order valence-corrected chi connectivity index (χ4v) is 1.85. The second-order valence-corrected chi connectivity index (χ2v) is 4.43. The topological polar surface area (TPSA) is 50.4 Å². The van der Waals surface area contributed by atoms with E-state index in [9.17, 15) is 4.79 Å². The summed E-state index contributed by atoms with van der Waals surface area (Å²) in [6.45, 7) is 3.31. The molecule has 2 N–H and O–H groups in total. The van der Waals surface area contributed by atoms with Gasteiger partial charge in [0.25, 0.3) is 0 Å². The number of hydrogen-bond donors (Lipinski definition) is 2. The molecular weight excluding hydrogens is 192 g/mol. The molecule has 1 heterocycles. The Morgan fingerprint density at radius 3 is 2.80 bits per heavy atom. The van der Waals surface area contributed by atoms with Crippen molar-refractivity contribution >= 4 is 5.91 Å². The molecule has 15 heavy (non-hydrogen) atoms. The van der Waals surface area contributed by atoms with Crippen molar-refractivity contribution in [2.24, 2.45) is 5.92 Å². The number of nitrogens with one attached hydrogen (secondary N) is 2. The first-order valence-corrected chi connectivity index (χ1v) is 5.95. The minimum atomic E-state index is 0.233. The Morgan fingerprint density at radius 1 is 1.27 bits per heavy atom. The van der Waals surface area contributed by atoms with Crippen LogP contribution < -0.4 is 10.6 Å². The summed E-state index contributed by atoms with van der Waals surface area (Å²) in [6.07, 6.45) is 4.49. The molecule has 1 aliphatic heterocycles. The normalized spacial score (nSPS) is 26.3. The summed E-state index contributed by atoms with van der Waals surface area (Å²) in [5.74, 6) is 0.555. The first kappa shape index (κ1) is 10.9. The standard InChI is InChI=1S/C11H20N2O2/c14-11(9-3-4-9)13-6-5-12-10-2-1-7-15-8-10/h9-10,12H,1-8H2,(H,13,14). The fourth-order valence-electron chi connectivity index (χ4n) is 1.85. The Bertz CT molecular complexity index is 211. The quantitative estimate of drug-likeness (QED) is 0.644. The largest absolute Gasteiger partial charge is 0.380 e. The Hall–Kier alpha value is -0.610. The van der Waals surface area contributed by atoms with Crippen molar-refractivity contribution in [1.29, 1.82) is 0 Å². The molecule has 2 rings (SSSR count). The molecule has 86 valence electrons. The Kier molecular flexibility index (Phi) is 3.97. The molecule has 1 saturated carbocycles. The van der Waals surface area contributed by atoms with Crippen LogP contribution in [0.5, 0.6) is 0 Å². The van der Waals surface area contributed by atoms with Gasteiger partial charge in [-0.25, -0.2) is 0 Å². The highest BCUT2D eigenvalue weighted by molar-refractivity contribution is 5.80. The highest BCUT2D eigenvalue weighted by atomic mass is 16.5. The van der Waals surface area contributed by atoms with E-state index in [-0.39, 0.29) is 5.91 Å². The third-order valence-electron chi connectivity index (χ3n) is 2.97. The molecule has 0 radical (unpaired) electrons. The van der Waals surface area contributed by atoms with Gasteiger partial charge >= 0.3 is 0 Å². The molecule has 0 aromatic heterocycles. The lowest BCUT2D eigenvalue weighted by Gasteiger charge is -2.23. The summed E-state index contributed by atoms with van der Waals surface area (Å²) in [6, 6.07) is 0.483. The molecule has 0 aromatic rings. The average molecular weight is 212 g/mol. The van der Waals surface area contributed by atoms with E-state index in [2.05, 4.69) is 10.6 Å². The van der Waals surface area contributed by atoms with E-state index in [1.54, 1.807) is 0 Å². The minimum Gasteiger partial charge on any atom is -0.380 e. The minimum absolute atomic E-state index is 0.233. The van der Waals surface area contributed by atoms with Crippen molar-refractivity contribution < 1.29 is 9.53 Å². The van der Waals surface area contributed by atoms with Crippen molar-refractivity contribution in [2.75, 3.05) is 26.3 Å². The monoisotopic (exact) mass is 212 g/mol. The Balaban J connectivity index is 1.48. The number of hydrogen-bond acceptors (Lipinski definition) is 3. The van der Waals surface area contributed by atoms with Crippen molar-refractivity contribution in [3.8, 4) is 0 Å². The molecule has 1 unspecified atom stereocenters. The van der Waals surface area contributed by atoms with Crippen LogP contribution in [0.15, 0.2) is 0 Å². The number of rotatable bonds is 5. The van der Waals surface area contributed by atoms with Gasteiger partial charge < -0.3 is 15.4 Å². The van der Waals surface area contributed by atoms with E-state index in [0.717, 1.165) is 45.6 Å². The summed E-state index contributed by atoms with van der Waals surface area (Å²) in [4.78, 5) is 11.3. The zero-order valence-electron chi connectivity index (χ0n) is 9.13. The summed E-state index contributed by atoms with van der Waals surface area (Å²) in [5, 5.41) is 6.34. The van der Waals surface area contributed by atoms with Crippen LogP contribution in [-0.2, 0) is 9.53 Å². The predicted octanol–water partition coefficient (Wildman–Crippen LogP) is 0.281. The summed E-state index contributed by atoms with van der Waals surface area (Å²) in [5.41, 5.74) is 0. The molecule has 0 aromatic carbocycles. The molecule has 0 spiro atoms. The van der Waals surface area contributed by atoms with Gasteiger partial charge in [-0.3, -0.25) is 4.79 Å². The van der Waals surface area contributed by atoms with Gasteiger partial charge in [0.05, 0.1) is 6.61 Å². The molecule has 1 amide bonds. The van der Waals surface area contributed by atoms with Crippen molar-refractivity contribution in [3.63, 3.8) is 0 Å². The van der Waals surface area contributed by atoms with Gasteiger partial charge in [0.2, 0.25) is 5.91 Å². The highest BCUT2D eigenvalue weighted by Crippen LogP contribution is 2.28. The lowest BCUT2D eigenvalue weighted by Crippen LogP contribution is -2.41. The first-order valence-electron chi connectivity index (χ1n) is 5.95. The fraction of sp³-hybridized carbons (Fsp3) is 0.909. The van der Waals surface area contributed by atoms with Crippen LogP contribution in [0.2, 0.25) is 0 Å². The molecule has 1 aliphatic carbocycles. The number of amides is 1. The second kappa shape index (κ2) is 5.47. The summed E-state index contributed by atoms with van der Waals surface area (Å²) >= 11 is 0. The zero-order chi connectivity index (χ0) is 10.5. The van der Waals surface area contributed by atoms with Gasteiger partial charge in [-0.05, 0) is 25.7 Å². The van der Waals surface area contributed by atoms with Crippen molar-refractivity contribution in [3.05, 3.63) is 0 Å². The van der Waals surface area contributed by atoms with Crippen molar-refractivity contribution in [2.45, 2.75) is 31.7 Å². The Morgan fingerprint density at radius 2 is 2.13 bits per heavy atom. The summed E-state index contributed by atoms with van der Waals surface area (Å²) < 4.78 is 5.36. The molecule has 2 aliphatic rings. The molecule has 2 fully saturated rings. The first-order chi connectivity index (χ1) is 7.36. The van der Waals surface area contributed by atoms with E-state index >= 15 is 0 Å². The van der Waals surface area contributed by atoms with Gasteiger partial charge in [-0.15, -0.1) is 0 Å². The van der Waals surface area contributed by atoms with Gasteiger partial charge in [0.15, 0.2) is 0 Å². The van der Waals surface area contributed by atoms with Crippen LogP contribution in [0.25, 0.3) is 0 Å². The number of carbonyl (C=O) groups is 1. The highest BCUT2D eigenvalue weighted by Gasteiger charge is 2.28. The zero-order valence-corrected chi connectivity index (χ0v) is 9.13. The van der Waals surface area contributed by atoms with E-state index in [1.165, 1.54) is 6.42 Å². The van der Waals surface area contributed by atoms with Gasteiger partial charge in [-0.1, -0.05) is 0 Å². The third-order valence-corrected chi connectivity index (χ3v) is 2.97. The maximum atomic E-state index is 11.3. The van der Waals surface area contributed by atoms with E-state index in [1.807, 2.05) is 0 Å². The summed E-state index contributed by atoms with van der Waals surface area (Å²) in [7, 11) is 0. The maximum Gasteiger partial charge on any atom is 0.223 e. The third kappa shape index (κ3) is 3.80. The van der Waals surface area contributed by atoms with E-state index in [4.69, 9.17) is 4.74 Å². The van der Waals surface area contributed by atoms with Crippen LogP contribution >= 0.6 is 0 Å². The molecular formula is C11H20N2O2. The van der Waals surface area contributed by atoms with Crippen LogP contribution in [0.4, 0.5) is 0 Å². The maximum absolute atomic E-state index is 11.3. The predicted molar refractivity (Wildman–Crippen MR) is 57.6 cm³/mol. The molecule has 1 saturated heterocycles. The van der Waals surface area contributed by atoms with Gasteiger partial charge in [0, 0.05) is 31.7 Å². The molecule has 4 heteroatoms. The van der Waals surface area contributed by atoms with Crippen LogP contribution in [0.3, 0.4) is 0 Å². The van der Waals surface area contributed by atoms with Gasteiger partial charge in [-0.2, -0.15) is 0 Å². The average Bonchev–Trinajstić information content (AvgIpc) is 3.09. The smallest absolute Gasteiger partial charge is 0.223 e. The lowest BCUT2D eigenvalue weighted by molar-refractivity contribution is -0.122. The molecule has 4 nitrogen and oxygen atoms in total. The van der Waals surface area contributed by atoms with E-state index < -0.39 is 0 Å². The molecule has 1 atom stereocenters. The van der Waals surface area contributed by atoms with Gasteiger partial charge in [0.1, 0.15) is 0 Å².